The van der Waals surface area contributed by atoms with E-state index in [4.69, 9.17) is 11.6 Å². The van der Waals surface area contributed by atoms with Crippen LogP contribution < -0.4 is 4.90 Å². The van der Waals surface area contributed by atoms with Gasteiger partial charge in [0.25, 0.3) is 0 Å². The lowest BCUT2D eigenvalue weighted by Crippen LogP contribution is -2.11. The Labute approximate surface area is 214 Å². The van der Waals surface area contributed by atoms with Gasteiger partial charge in [0.2, 0.25) is 0 Å². The van der Waals surface area contributed by atoms with Gasteiger partial charge < -0.3 is 9.47 Å². The number of halogens is 2. The van der Waals surface area contributed by atoms with Crippen molar-refractivity contribution in [2.75, 3.05) is 4.90 Å². The Bertz CT molecular complexity index is 1430. The molecule has 1 heterocycles. The molecule has 0 bridgehead atoms. The maximum atomic E-state index is 6.51. The Kier molecular flexibility index (Phi) is 6.01. The van der Waals surface area contributed by atoms with Gasteiger partial charge in [-0.05, 0) is 65.6 Å². The van der Waals surface area contributed by atoms with Crippen molar-refractivity contribution in [3.05, 3.63) is 118 Å². The number of hydrogen-bond donors (Lipinski definition) is 0. The minimum Gasteiger partial charge on any atom is -0.314 e. The molecule has 5 rings (SSSR count). The summed E-state index contributed by atoms with van der Waals surface area (Å²) in [5.74, 6) is 0. The molecule has 0 fully saturated rings. The average molecular weight is 530 g/mol. The van der Waals surface area contributed by atoms with Crippen molar-refractivity contribution in [2.24, 2.45) is 0 Å². The highest BCUT2D eigenvalue weighted by molar-refractivity contribution is 9.10. The van der Waals surface area contributed by atoms with Crippen LogP contribution in [-0.4, -0.2) is 4.57 Å². The van der Waals surface area contributed by atoms with Gasteiger partial charge in [0.15, 0.2) is 0 Å². The molecule has 2 nitrogen and oxygen atoms in total. The summed E-state index contributed by atoms with van der Waals surface area (Å²) in [7, 11) is 0. The first-order chi connectivity index (χ1) is 16.3. The Balaban J connectivity index is 1.85. The molecule has 0 unspecified atom stereocenters. The second kappa shape index (κ2) is 8.98. The third-order valence-corrected chi connectivity index (χ3v) is 6.72. The monoisotopic (exact) mass is 528 g/mol. The molecular weight excluding hydrogens is 504 g/mol. The summed E-state index contributed by atoms with van der Waals surface area (Å²) in [4.78, 5) is 2.28. The molecule has 34 heavy (non-hydrogen) atoms. The van der Waals surface area contributed by atoms with Gasteiger partial charge in [0.1, 0.15) is 0 Å². The van der Waals surface area contributed by atoms with Crippen LogP contribution in [0.25, 0.3) is 16.6 Å². The molecule has 0 radical (unpaired) electrons. The highest BCUT2D eigenvalue weighted by Gasteiger charge is 2.22. The number of rotatable bonds is 4. The van der Waals surface area contributed by atoms with E-state index in [2.05, 4.69) is 125 Å². The van der Waals surface area contributed by atoms with Gasteiger partial charge in [0, 0.05) is 38.1 Å². The van der Waals surface area contributed by atoms with Crippen LogP contribution in [0.4, 0.5) is 17.1 Å². The molecule has 0 saturated carbocycles. The number of para-hydroxylation sites is 2. The van der Waals surface area contributed by atoms with E-state index in [-0.39, 0.29) is 5.41 Å². The van der Waals surface area contributed by atoms with E-state index in [0.29, 0.717) is 5.02 Å². The maximum Gasteiger partial charge on any atom is 0.0721 e. The topological polar surface area (TPSA) is 8.17 Å². The molecule has 0 aliphatic rings. The van der Waals surface area contributed by atoms with Gasteiger partial charge in [0.05, 0.1) is 11.2 Å². The smallest absolute Gasteiger partial charge is 0.0721 e. The number of aromatic nitrogens is 1. The average Bonchev–Trinajstić information content (AvgIpc) is 3.18. The Morgan fingerprint density at radius 3 is 2.09 bits per heavy atom. The van der Waals surface area contributed by atoms with E-state index in [1.807, 2.05) is 24.3 Å². The molecule has 4 heteroatoms. The fraction of sp³-hybridized carbons (Fsp3) is 0.133. The number of anilines is 3. The molecule has 0 saturated heterocycles. The number of nitrogens with zero attached hydrogens (tertiary/aromatic N) is 2. The van der Waals surface area contributed by atoms with E-state index in [9.17, 15) is 0 Å². The molecule has 0 spiro atoms. The van der Waals surface area contributed by atoms with E-state index in [1.54, 1.807) is 0 Å². The number of fused-ring (bicyclic) bond motifs is 1. The van der Waals surface area contributed by atoms with Crippen LogP contribution in [0.2, 0.25) is 5.02 Å². The van der Waals surface area contributed by atoms with E-state index in [1.165, 1.54) is 10.9 Å². The molecule has 0 atom stereocenters. The van der Waals surface area contributed by atoms with Crippen LogP contribution >= 0.6 is 27.5 Å². The summed E-state index contributed by atoms with van der Waals surface area (Å²) >= 11 is 10.2. The summed E-state index contributed by atoms with van der Waals surface area (Å²) in [6.07, 6.45) is 2.23. The zero-order valence-electron chi connectivity index (χ0n) is 19.5. The fourth-order valence-corrected chi connectivity index (χ4v) is 5.17. The van der Waals surface area contributed by atoms with Crippen LogP contribution in [0.1, 0.15) is 26.3 Å². The summed E-state index contributed by atoms with van der Waals surface area (Å²) in [5, 5.41) is 1.88. The summed E-state index contributed by atoms with van der Waals surface area (Å²) in [6.45, 7) is 6.77. The lowest BCUT2D eigenvalue weighted by Gasteiger charge is -2.26. The van der Waals surface area contributed by atoms with E-state index >= 15 is 0 Å². The first-order valence-electron chi connectivity index (χ1n) is 11.3. The van der Waals surface area contributed by atoms with E-state index < -0.39 is 0 Å². The molecule has 0 N–H and O–H groups in total. The van der Waals surface area contributed by atoms with Gasteiger partial charge in [-0.3, -0.25) is 0 Å². The predicted molar refractivity (Wildman–Crippen MR) is 149 cm³/mol. The van der Waals surface area contributed by atoms with Crippen molar-refractivity contribution in [2.45, 2.75) is 26.2 Å². The fourth-order valence-electron chi connectivity index (χ4n) is 4.33. The predicted octanol–water partition coefficient (Wildman–Crippen LogP) is 9.81. The van der Waals surface area contributed by atoms with Crippen molar-refractivity contribution in [1.29, 1.82) is 0 Å². The quantitative estimate of drug-likeness (QED) is 0.225. The highest BCUT2D eigenvalue weighted by Crippen LogP contribution is 2.43. The molecule has 0 aliphatic carbocycles. The molecule has 0 aliphatic heterocycles. The third kappa shape index (κ3) is 4.38. The minimum absolute atomic E-state index is 0.0387. The Morgan fingerprint density at radius 1 is 0.765 bits per heavy atom. The largest absolute Gasteiger partial charge is 0.314 e. The van der Waals surface area contributed by atoms with Crippen LogP contribution in [0.3, 0.4) is 0 Å². The summed E-state index contributed by atoms with van der Waals surface area (Å²) in [5.41, 5.74) is 6.80. The van der Waals surface area contributed by atoms with Crippen LogP contribution in [-0.2, 0) is 5.41 Å². The SMILES string of the molecule is CC(C)(C)c1ccc2c(c1)c(N(c1ccccc1)c1cc(Cl)cc(Br)c1)cn2-c1ccccc1. The zero-order valence-corrected chi connectivity index (χ0v) is 21.8. The van der Waals surface area contributed by atoms with Crippen molar-refractivity contribution in [1.82, 2.24) is 4.57 Å². The van der Waals surface area contributed by atoms with Crippen molar-refractivity contribution in [3.63, 3.8) is 0 Å². The van der Waals surface area contributed by atoms with E-state index in [0.717, 1.165) is 32.7 Å². The Hall–Kier alpha value is -3.01. The molecule has 5 aromatic rings. The highest BCUT2D eigenvalue weighted by atomic mass is 79.9. The molecule has 1 aromatic heterocycles. The van der Waals surface area contributed by atoms with Gasteiger partial charge >= 0.3 is 0 Å². The van der Waals surface area contributed by atoms with Gasteiger partial charge in [-0.1, -0.05) is 90.8 Å². The standard InChI is InChI=1S/C30H26BrClN2/c1-30(2,3)21-14-15-28-27(16-21)29(20-33(28)24-10-6-4-7-11-24)34(25-12-8-5-9-13-25)26-18-22(31)17-23(32)19-26/h4-20H,1-3H3. The second-order valence-electron chi connectivity index (χ2n) is 9.50. The maximum absolute atomic E-state index is 6.51. The van der Waals surface area contributed by atoms with Crippen LogP contribution in [0.15, 0.2) is 108 Å². The van der Waals surface area contributed by atoms with Gasteiger partial charge in [-0.25, -0.2) is 0 Å². The first kappa shape index (κ1) is 22.8. The normalized spacial score (nSPS) is 11.7. The van der Waals surface area contributed by atoms with Crippen LogP contribution in [0, 0.1) is 0 Å². The summed E-state index contributed by atoms with van der Waals surface area (Å²) in [6, 6.07) is 33.8. The van der Waals surface area contributed by atoms with Gasteiger partial charge in [-0.15, -0.1) is 0 Å². The second-order valence-corrected chi connectivity index (χ2v) is 10.9. The van der Waals surface area contributed by atoms with Crippen molar-refractivity contribution < 1.29 is 0 Å². The Morgan fingerprint density at radius 2 is 1.44 bits per heavy atom. The summed E-state index contributed by atoms with van der Waals surface area (Å²) < 4.78 is 3.21. The lowest BCUT2D eigenvalue weighted by molar-refractivity contribution is 0.591. The number of benzene rings is 4. The van der Waals surface area contributed by atoms with Gasteiger partial charge in [-0.2, -0.15) is 0 Å². The molecule has 0 amide bonds. The lowest BCUT2D eigenvalue weighted by atomic mass is 9.86. The van der Waals surface area contributed by atoms with Crippen LogP contribution in [0.5, 0.6) is 0 Å². The first-order valence-corrected chi connectivity index (χ1v) is 12.5. The van der Waals surface area contributed by atoms with Crippen molar-refractivity contribution >= 4 is 55.5 Å². The zero-order chi connectivity index (χ0) is 23.9. The van der Waals surface area contributed by atoms with Crippen molar-refractivity contribution in [3.8, 4) is 5.69 Å². The number of hydrogen-bond acceptors (Lipinski definition) is 1. The molecular formula is C30H26BrClN2. The minimum atomic E-state index is 0.0387. The molecule has 170 valence electrons. The third-order valence-electron chi connectivity index (χ3n) is 6.04. The molecule has 4 aromatic carbocycles.